The molecular formula is C24H46O7S. The van der Waals surface area contributed by atoms with Crippen LogP contribution in [0.1, 0.15) is 123 Å². The van der Waals surface area contributed by atoms with Crippen molar-refractivity contribution in [1.82, 2.24) is 0 Å². The van der Waals surface area contributed by atoms with Crippen LogP contribution in [-0.4, -0.2) is 43.4 Å². The highest BCUT2D eigenvalue weighted by Crippen LogP contribution is 2.12. The lowest BCUT2D eigenvalue weighted by Gasteiger charge is -2.13. The fraction of sp³-hybridized carbons (Fsp3) is 0.917. The van der Waals surface area contributed by atoms with Gasteiger partial charge in [-0.3, -0.25) is 14.1 Å². The van der Waals surface area contributed by atoms with Gasteiger partial charge in [-0.2, -0.15) is 8.42 Å². The van der Waals surface area contributed by atoms with Gasteiger partial charge in [0.05, 0.1) is 19.6 Å². The molecule has 8 heteroatoms. The number of carbonyl (C=O) groups excluding carboxylic acids is 2. The highest BCUT2D eigenvalue weighted by Gasteiger charge is 2.35. The van der Waals surface area contributed by atoms with Crippen LogP contribution in [0.5, 0.6) is 0 Å². The second kappa shape index (κ2) is 20.5. The highest BCUT2D eigenvalue weighted by atomic mass is 32.2. The van der Waals surface area contributed by atoms with Crippen LogP contribution in [-0.2, 0) is 29.2 Å². The van der Waals surface area contributed by atoms with Crippen LogP contribution < -0.4 is 0 Å². The predicted octanol–water partition coefficient (Wildman–Crippen LogP) is 6.00. The Labute approximate surface area is 195 Å². The molecule has 0 unspecified atom stereocenters. The summed E-state index contributed by atoms with van der Waals surface area (Å²) in [6, 6.07) is 0. The molecule has 0 radical (unpaired) electrons. The Hall–Kier alpha value is -1.15. The number of carbonyl (C=O) groups is 2. The number of hydrogen-bond acceptors (Lipinski definition) is 6. The van der Waals surface area contributed by atoms with Crippen molar-refractivity contribution in [3.63, 3.8) is 0 Å². The average molecular weight is 479 g/mol. The van der Waals surface area contributed by atoms with E-state index in [-0.39, 0.29) is 13.2 Å². The van der Waals surface area contributed by atoms with Gasteiger partial charge in [-0.1, -0.05) is 104 Å². The Morgan fingerprint density at radius 1 is 0.656 bits per heavy atom. The third-order valence-corrected chi connectivity index (χ3v) is 6.56. The third kappa shape index (κ3) is 18.4. The maximum Gasteiger partial charge on any atom is 0.327 e. The molecule has 0 aromatic heterocycles. The van der Waals surface area contributed by atoms with Gasteiger partial charge in [0.1, 0.15) is 0 Å². The zero-order chi connectivity index (χ0) is 24.1. The van der Waals surface area contributed by atoms with E-state index in [1.807, 2.05) is 0 Å². The molecule has 1 N–H and O–H groups in total. The SMILES string of the molecule is CCCCCCCCCCOC(=O)C[C@@H](C(=O)OCCCCCCCCCC)S(=O)(=O)O. The first-order valence-electron chi connectivity index (χ1n) is 12.6. The topological polar surface area (TPSA) is 107 Å². The van der Waals surface area contributed by atoms with Crippen molar-refractivity contribution in [3.8, 4) is 0 Å². The Balaban J connectivity index is 4.02. The van der Waals surface area contributed by atoms with Crippen LogP contribution >= 0.6 is 0 Å². The molecular weight excluding hydrogens is 432 g/mol. The largest absolute Gasteiger partial charge is 0.466 e. The van der Waals surface area contributed by atoms with Crippen LogP contribution in [0.15, 0.2) is 0 Å². The Morgan fingerprint density at radius 2 is 1.03 bits per heavy atom. The minimum absolute atomic E-state index is 0.0765. The van der Waals surface area contributed by atoms with E-state index < -0.39 is 33.7 Å². The van der Waals surface area contributed by atoms with E-state index in [1.54, 1.807) is 0 Å². The summed E-state index contributed by atoms with van der Waals surface area (Å²) in [5.74, 6) is -1.92. The third-order valence-electron chi connectivity index (χ3n) is 5.48. The Bertz CT molecular complexity index is 575. The van der Waals surface area contributed by atoms with Gasteiger partial charge in [0.15, 0.2) is 5.25 Å². The number of rotatable bonds is 22. The minimum Gasteiger partial charge on any atom is -0.466 e. The summed E-state index contributed by atoms with van der Waals surface area (Å²) in [7, 11) is -4.75. The fourth-order valence-electron chi connectivity index (χ4n) is 3.44. The van der Waals surface area contributed by atoms with Gasteiger partial charge in [0.25, 0.3) is 10.1 Å². The smallest absolute Gasteiger partial charge is 0.327 e. The molecule has 0 rings (SSSR count). The van der Waals surface area contributed by atoms with Gasteiger partial charge < -0.3 is 9.47 Å². The van der Waals surface area contributed by atoms with E-state index in [0.29, 0.717) is 12.8 Å². The summed E-state index contributed by atoms with van der Waals surface area (Å²) in [5.41, 5.74) is 0. The lowest BCUT2D eigenvalue weighted by Crippen LogP contribution is -2.34. The summed E-state index contributed by atoms with van der Waals surface area (Å²) in [6.45, 7) is 4.61. The van der Waals surface area contributed by atoms with Crippen molar-refractivity contribution in [2.24, 2.45) is 0 Å². The molecule has 0 spiro atoms. The van der Waals surface area contributed by atoms with Gasteiger partial charge in [-0.15, -0.1) is 0 Å². The van der Waals surface area contributed by atoms with E-state index in [4.69, 9.17) is 9.47 Å². The first-order valence-corrected chi connectivity index (χ1v) is 14.1. The summed E-state index contributed by atoms with van der Waals surface area (Å²) in [4.78, 5) is 24.0. The highest BCUT2D eigenvalue weighted by molar-refractivity contribution is 7.87. The molecule has 0 aliphatic carbocycles. The number of ether oxygens (including phenoxy) is 2. The standard InChI is InChI=1S/C24H46O7S/c1-3-5-7-9-11-13-15-17-19-30-23(25)21-22(32(27,28)29)24(26)31-20-18-16-14-12-10-8-6-4-2/h22H,3-21H2,1-2H3,(H,27,28,29)/t22-/m0/s1. The Morgan fingerprint density at radius 3 is 1.44 bits per heavy atom. The molecule has 0 aromatic rings. The first kappa shape index (κ1) is 30.9. The van der Waals surface area contributed by atoms with E-state index in [2.05, 4.69) is 13.8 Å². The number of esters is 2. The van der Waals surface area contributed by atoms with Crippen molar-refractivity contribution in [3.05, 3.63) is 0 Å². The molecule has 0 saturated carbocycles. The summed E-state index contributed by atoms with van der Waals surface area (Å²) < 4.78 is 42.4. The number of unbranched alkanes of at least 4 members (excludes halogenated alkanes) is 14. The zero-order valence-electron chi connectivity index (χ0n) is 20.3. The summed E-state index contributed by atoms with van der Waals surface area (Å²) in [5, 5.41) is -1.93. The van der Waals surface area contributed by atoms with Crippen molar-refractivity contribution >= 4 is 22.1 Å². The molecule has 0 aliphatic heterocycles. The van der Waals surface area contributed by atoms with E-state index in [9.17, 15) is 22.6 Å². The quantitative estimate of drug-likeness (QED) is 0.115. The maximum atomic E-state index is 12.1. The lowest BCUT2D eigenvalue weighted by atomic mass is 10.1. The number of hydrogen-bond donors (Lipinski definition) is 1. The molecule has 190 valence electrons. The van der Waals surface area contributed by atoms with Gasteiger partial charge >= 0.3 is 11.9 Å². The van der Waals surface area contributed by atoms with Crippen LogP contribution in [0.4, 0.5) is 0 Å². The molecule has 32 heavy (non-hydrogen) atoms. The van der Waals surface area contributed by atoms with Crippen LogP contribution in [0.2, 0.25) is 0 Å². The molecule has 0 bridgehead atoms. The molecule has 0 aliphatic rings. The molecule has 0 aromatic carbocycles. The van der Waals surface area contributed by atoms with Crippen molar-refractivity contribution in [1.29, 1.82) is 0 Å². The predicted molar refractivity (Wildman–Crippen MR) is 127 cm³/mol. The van der Waals surface area contributed by atoms with Gasteiger partial charge in [0.2, 0.25) is 0 Å². The summed E-state index contributed by atoms with van der Waals surface area (Å²) >= 11 is 0. The molecule has 0 fully saturated rings. The molecule has 0 heterocycles. The van der Waals surface area contributed by atoms with E-state index >= 15 is 0 Å². The van der Waals surface area contributed by atoms with Gasteiger partial charge in [-0.05, 0) is 12.8 Å². The average Bonchev–Trinajstić information content (AvgIpc) is 2.74. The fourth-order valence-corrected chi connectivity index (χ4v) is 4.10. The normalized spacial score (nSPS) is 12.5. The van der Waals surface area contributed by atoms with Crippen LogP contribution in [0.3, 0.4) is 0 Å². The zero-order valence-corrected chi connectivity index (χ0v) is 21.1. The second-order valence-electron chi connectivity index (χ2n) is 8.55. The van der Waals surface area contributed by atoms with Crippen molar-refractivity contribution in [2.45, 2.75) is 128 Å². The maximum absolute atomic E-state index is 12.1. The van der Waals surface area contributed by atoms with Gasteiger partial charge in [-0.25, -0.2) is 0 Å². The second-order valence-corrected chi connectivity index (χ2v) is 10.1. The monoisotopic (exact) mass is 478 g/mol. The Kier molecular flexibility index (Phi) is 19.7. The molecule has 7 nitrogen and oxygen atoms in total. The molecule has 0 saturated heterocycles. The molecule has 1 atom stereocenters. The van der Waals surface area contributed by atoms with E-state index in [1.165, 1.54) is 51.4 Å². The van der Waals surface area contributed by atoms with Crippen molar-refractivity contribution in [2.75, 3.05) is 13.2 Å². The van der Waals surface area contributed by atoms with Crippen molar-refractivity contribution < 1.29 is 32.0 Å². The van der Waals surface area contributed by atoms with Gasteiger partial charge in [0, 0.05) is 0 Å². The van der Waals surface area contributed by atoms with Crippen LogP contribution in [0.25, 0.3) is 0 Å². The lowest BCUT2D eigenvalue weighted by molar-refractivity contribution is -0.150. The summed E-state index contributed by atoms with van der Waals surface area (Å²) in [6.07, 6.45) is 16.6. The van der Waals surface area contributed by atoms with E-state index in [0.717, 1.165) is 38.5 Å². The first-order chi connectivity index (χ1) is 15.3. The minimum atomic E-state index is -4.75. The van der Waals surface area contributed by atoms with Crippen LogP contribution in [0, 0.1) is 0 Å². The molecule has 0 amide bonds.